The lowest BCUT2D eigenvalue weighted by Crippen LogP contribution is -2.24. The Morgan fingerprint density at radius 1 is 1.33 bits per heavy atom. The van der Waals surface area contributed by atoms with Crippen molar-refractivity contribution in [2.75, 3.05) is 11.9 Å². The minimum absolute atomic E-state index is 0.0573. The van der Waals surface area contributed by atoms with Crippen LogP contribution in [0.5, 0.6) is 0 Å². The lowest BCUT2D eigenvalue weighted by Gasteiger charge is -2.14. The highest BCUT2D eigenvalue weighted by Gasteiger charge is 2.07. The van der Waals surface area contributed by atoms with Crippen LogP contribution < -0.4 is 10.6 Å². The fraction of sp³-hybridized carbons (Fsp3) is 0.375. The van der Waals surface area contributed by atoms with E-state index < -0.39 is 0 Å². The minimum Gasteiger partial charge on any atom is -0.378 e. The van der Waals surface area contributed by atoms with Crippen LogP contribution in [0.3, 0.4) is 0 Å². The molecule has 1 aromatic carbocycles. The molecule has 0 radical (unpaired) electrons. The summed E-state index contributed by atoms with van der Waals surface area (Å²) in [4.78, 5) is 11.5. The number of anilines is 1. The Morgan fingerprint density at radius 3 is 2.62 bits per heavy atom. The van der Waals surface area contributed by atoms with Gasteiger partial charge in [-0.15, -0.1) is 0 Å². The summed E-state index contributed by atoms with van der Waals surface area (Å²) in [6.45, 7) is 4.69. The van der Waals surface area contributed by atoms with Gasteiger partial charge >= 0.3 is 0 Å². The highest BCUT2D eigenvalue weighted by Crippen LogP contribution is 2.19. The Morgan fingerprint density at radius 2 is 2.05 bits per heavy atom. The molecular weight excluding hydrogens is 264 g/mol. The number of carbonyl (C=O) groups excluding carboxylic acids is 1. The summed E-state index contributed by atoms with van der Waals surface area (Å²) >= 11 is 0. The number of hydrogen-bond acceptors (Lipinski definition) is 3. The van der Waals surface area contributed by atoms with E-state index >= 15 is 0 Å². The SMILES string of the molecule is CCNC(=O)Cc1ccc(NC(C)c2cnn(C)c2)cc1. The number of amides is 1. The van der Waals surface area contributed by atoms with E-state index in [2.05, 4.69) is 22.7 Å². The van der Waals surface area contributed by atoms with Crippen molar-refractivity contribution in [3.63, 3.8) is 0 Å². The number of likely N-dealkylation sites (N-methyl/N-ethyl adjacent to an activating group) is 1. The third-order valence-electron chi connectivity index (χ3n) is 3.30. The zero-order chi connectivity index (χ0) is 15.2. The summed E-state index contributed by atoms with van der Waals surface area (Å²) in [7, 11) is 1.91. The highest BCUT2D eigenvalue weighted by molar-refractivity contribution is 5.78. The van der Waals surface area contributed by atoms with Crippen molar-refractivity contribution in [1.82, 2.24) is 15.1 Å². The predicted molar refractivity (Wildman–Crippen MR) is 84.1 cm³/mol. The van der Waals surface area contributed by atoms with E-state index in [-0.39, 0.29) is 11.9 Å². The molecule has 1 atom stereocenters. The summed E-state index contributed by atoms with van der Waals surface area (Å²) in [6.07, 6.45) is 4.29. The van der Waals surface area contributed by atoms with E-state index in [0.717, 1.165) is 16.8 Å². The molecule has 1 amide bonds. The molecular formula is C16H22N4O. The quantitative estimate of drug-likeness (QED) is 0.856. The van der Waals surface area contributed by atoms with Gasteiger partial charge in [0.1, 0.15) is 0 Å². The van der Waals surface area contributed by atoms with Gasteiger partial charge in [-0.05, 0) is 31.5 Å². The van der Waals surface area contributed by atoms with Crippen LogP contribution in [-0.4, -0.2) is 22.2 Å². The van der Waals surface area contributed by atoms with E-state index in [9.17, 15) is 4.79 Å². The summed E-state index contributed by atoms with van der Waals surface area (Å²) in [5.74, 6) is 0.0573. The van der Waals surface area contributed by atoms with E-state index in [0.29, 0.717) is 13.0 Å². The lowest BCUT2D eigenvalue weighted by atomic mass is 10.1. The molecule has 5 nitrogen and oxygen atoms in total. The number of rotatable bonds is 6. The molecule has 2 aromatic rings. The average Bonchev–Trinajstić information content (AvgIpc) is 2.88. The number of nitrogens with one attached hydrogen (secondary N) is 2. The Hall–Kier alpha value is -2.30. The molecule has 0 saturated heterocycles. The number of aromatic nitrogens is 2. The molecule has 2 rings (SSSR count). The van der Waals surface area contributed by atoms with E-state index in [1.807, 2.05) is 50.6 Å². The van der Waals surface area contributed by atoms with Gasteiger partial charge in [0.25, 0.3) is 0 Å². The van der Waals surface area contributed by atoms with Crippen molar-refractivity contribution in [1.29, 1.82) is 0 Å². The van der Waals surface area contributed by atoms with Gasteiger partial charge in [0.15, 0.2) is 0 Å². The van der Waals surface area contributed by atoms with Crippen molar-refractivity contribution in [2.45, 2.75) is 26.3 Å². The Bertz CT molecular complexity index is 589. The number of nitrogens with zero attached hydrogens (tertiary/aromatic N) is 2. The minimum atomic E-state index is 0.0573. The van der Waals surface area contributed by atoms with Crippen LogP contribution in [-0.2, 0) is 18.3 Å². The fourth-order valence-electron chi connectivity index (χ4n) is 2.16. The first-order valence-corrected chi connectivity index (χ1v) is 7.19. The highest BCUT2D eigenvalue weighted by atomic mass is 16.1. The first kappa shape index (κ1) is 15.1. The second-order valence-corrected chi connectivity index (χ2v) is 5.14. The van der Waals surface area contributed by atoms with Crippen LogP contribution in [0.2, 0.25) is 0 Å². The van der Waals surface area contributed by atoms with Gasteiger partial charge in [0.05, 0.1) is 18.7 Å². The monoisotopic (exact) mass is 286 g/mol. The summed E-state index contributed by atoms with van der Waals surface area (Å²) in [5.41, 5.74) is 3.19. The second kappa shape index (κ2) is 6.92. The van der Waals surface area contributed by atoms with Crippen LogP contribution in [0.25, 0.3) is 0 Å². The molecule has 21 heavy (non-hydrogen) atoms. The van der Waals surface area contributed by atoms with Crippen molar-refractivity contribution in [3.8, 4) is 0 Å². The molecule has 0 spiro atoms. The molecule has 0 fully saturated rings. The van der Waals surface area contributed by atoms with Crippen LogP contribution in [0, 0.1) is 0 Å². The third-order valence-corrected chi connectivity index (χ3v) is 3.30. The standard InChI is InChI=1S/C16H22N4O/c1-4-17-16(21)9-13-5-7-15(8-6-13)19-12(2)14-10-18-20(3)11-14/h5-8,10-12,19H,4,9H2,1-3H3,(H,17,21). The van der Waals surface area contributed by atoms with Crippen LogP contribution in [0.15, 0.2) is 36.7 Å². The maximum absolute atomic E-state index is 11.5. The molecule has 0 bridgehead atoms. The Balaban J connectivity index is 1.94. The maximum atomic E-state index is 11.5. The normalized spacial score (nSPS) is 12.0. The number of aryl methyl sites for hydroxylation is 1. The van der Waals surface area contributed by atoms with Gasteiger partial charge < -0.3 is 10.6 Å². The topological polar surface area (TPSA) is 59.0 Å². The van der Waals surface area contributed by atoms with Gasteiger partial charge in [0.2, 0.25) is 5.91 Å². The number of carbonyl (C=O) groups is 1. The predicted octanol–water partition coefficient (Wildman–Crippen LogP) is 2.27. The summed E-state index contributed by atoms with van der Waals surface area (Å²) in [6, 6.07) is 8.15. The molecule has 1 unspecified atom stereocenters. The first-order chi connectivity index (χ1) is 10.1. The number of hydrogen-bond donors (Lipinski definition) is 2. The van der Waals surface area contributed by atoms with Crippen molar-refractivity contribution in [3.05, 3.63) is 47.8 Å². The van der Waals surface area contributed by atoms with E-state index in [1.54, 1.807) is 4.68 Å². The van der Waals surface area contributed by atoms with Crippen LogP contribution in [0.4, 0.5) is 5.69 Å². The molecule has 112 valence electrons. The van der Waals surface area contributed by atoms with Crippen molar-refractivity contribution < 1.29 is 4.79 Å². The molecule has 0 aliphatic carbocycles. The van der Waals surface area contributed by atoms with Gasteiger partial charge in [-0.1, -0.05) is 12.1 Å². The zero-order valence-electron chi connectivity index (χ0n) is 12.8. The second-order valence-electron chi connectivity index (χ2n) is 5.14. The first-order valence-electron chi connectivity index (χ1n) is 7.19. The molecule has 1 aromatic heterocycles. The smallest absolute Gasteiger partial charge is 0.224 e. The fourth-order valence-corrected chi connectivity index (χ4v) is 2.16. The van der Waals surface area contributed by atoms with Gasteiger partial charge in [-0.25, -0.2) is 0 Å². The lowest BCUT2D eigenvalue weighted by molar-refractivity contribution is -0.120. The zero-order valence-corrected chi connectivity index (χ0v) is 12.8. The average molecular weight is 286 g/mol. The van der Waals surface area contributed by atoms with Gasteiger partial charge in [-0.3, -0.25) is 9.48 Å². The molecule has 0 aliphatic heterocycles. The number of benzene rings is 1. The molecule has 5 heteroatoms. The Labute approximate surface area is 125 Å². The molecule has 1 heterocycles. The van der Waals surface area contributed by atoms with Crippen molar-refractivity contribution in [2.24, 2.45) is 7.05 Å². The van der Waals surface area contributed by atoms with E-state index in [4.69, 9.17) is 0 Å². The van der Waals surface area contributed by atoms with E-state index in [1.165, 1.54) is 0 Å². The van der Waals surface area contributed by atoms with Crippen LogP contribution in [0.1, 0.15) is 31.0 Å². The largest absolute Gasteiger partial charge is 0.378 e. The molecule has 2 N–H and O–H groups in total. The molecule has 0 aliphatic rings. The molecule has 0 saturated carbocycles. The summed E-state index contributed by atoms with van der Waals surface area (Å²) < 4.78 is 1.79. The summed E-state index contributed by atoms with van der Waals surface area (Å²) in [5, 5.41) is 10.4. The van der Waals surface area contributed by atoms with Crippen LogP contribution >= 0.6 is 0 Å². The van der Waals surface area contributed by atoms with Gasteiger partial charge in [-0.2, -0.15) is 5.10 Å². The third kappa shape index (κ3) is 4.34. The Kier molecular flexibility index (Phi) is 4.98. The van der Waals surface area contributed by atoms with Crippen molar-refractivity contribution >= 4 is 11.6 Å². The van der Waals surface area contributed by atoms with Gasteiger partial charge in [0, 0.05) is 31.0 Å². The maximum Gasteiger partial charge on any atom is 0.224 e.